The summed E-state index contributed by atoms with van der Waals surface area (Å²) in [6.07, 6.45) is 1.35. The van der Waals surface area contributed by atoms with E-state index in [4.69, 9.17) is 13.9 Å². The lowest BCUT2D eigenvalue weighted by atomic mass is 10.2. The van der Waals surface area contributed by atoms with Gasteiger partial charge in [-0.3, -0.25) is 9.59 Å². The van der Waals surface area contributed by atoms with E-state index < -0.39 is 0 Å². The highest BCUT2D eigenvalue weighted by atomic mass is 16.6. The Morgan fingerprint density at radius 3 is 2.39 bits per heavy atom. The second-order valence-electron chi connectivity index (χ2n) is 6.49. The first-order valence-corrected chi connectivity index (χ1v) is 9.49. The van der Waals surface area contributed by atoms with Gasteiger partial charge in [-0.1, -0.05) is 0 Å². The van der Waals surface area contributed by atoms with Crippen molar-refractivity contribution in [3.05, 3.63) is 23.7 Å². The summed E-state index contributed by atoms with van der Waals surface area (Å²) in [5.74, 6) is 0.333. The van der Waals surface area contributed by atoms with Crippen molar-refractivity contribution in [2.24, 2.45) is 0 Å². The lowest BCUT2D eigenvalue weighted by molar-refractivity contribution is -0.133. The average molecular weight is 395 g/mol. The molecule has 1 saturated heterocycles. The van der Waals surface area contributed by atoms with Crippen molar-refractivity contribution in [1.82, 2.24) is 14.7 Å². The Labute approximate surface area is 165 Å². The van der Waals surface area contributed by atoms with Gasteiger partial charge in [-0.15, -0.1) is 0 Å². The first-order chi connectivity index (χ1) is 13.5. The van der Waals surface area contributed by atoms with Gasteiger partial charge in [-0.25, -0.2) is 4.79 Å². The van der Waals surface area contributed by atoms with Gasteiger partial charge in [0, 0.05) is 52.8 Å². The summed E-state index contributed by atoms with van der Waals surface area (Å²) in [6, 6.07) is 1.63. The Bertz CT molecular complexity index is 666. The van der Waals surface area contributed by atoms with Crippen molar-refractivity contribution in [3.63, 3.8) is 0 Å². The molecule has 1 aromatic heterocycles. The minimum absolute atomic E-state index is 0.0392. The van der Waals surface area contributed by atoms with E-state index in [-0.39, 0.29) is 24.3 Å². The molecular formula is C19H29N3O6. The van der Waals surface area contributed by atoms with Crippen molar-refractivity contribution >= 4 is 17.9 Å². The highest BCUT2D eigenvalue weighted by Gasteiger charge is 2.26. The molecule has 0 atom stereocenters. The minimum Gasteiger partial charge on any atom is -0.469 e. The second kappa shape index (κ2) is 10.7. The number of hydrogen-bond acceptors (Lipinski definition) is 6. The molecule has 0 bridgehead atoms. The Hall–Kier alpha value is -2.55. The molecule has 0 aromatic carbocycles. The van der Waals surface area contributed by atoms with Gasteiger partial charge in [-0.05, 0) is 19.9 Å². The lowest BCUT2D eigenvalue weighted by Gasteiger charge is -2.34. The van der Waals surface area contributed by atoms with E-state index >= 15 is 0 Å². The zero-order valence-corrected chi connectivity index (χ0v) is 16.8. The number of ether oxygens (including phenoxy) is 2. The highest BCUT2D eigenvalue weighted by molar-refractivity contribution is 5.95. The molecule has 28 heavy (non-hydrogen) atoms. The molecule has 1 fully saturated rings. The fraction of sp³-hybridized carbons (Fsp3) is 0.632. The SMILES string of the molecule is CCOC(=O)N1CCN(C(=O)CCN(CCOC)C(=O)c2ccoc2C)CC1. The van der Waals surface area contributed by atoms with Crippen LogP contribution in [0.1, 0.15) is 29.5 Å². The molecule has 0 spiro atoms. The van der Waals surface area contributed by atoms with Gasteiger partial charge in [0.2, 0.25) is 5.91 Å². The Morgan fingerprint density at radius 1 is 1.14 bits per heavy atom. The zero-order chi connectivity index (χ0) is 20.5. The monoisotopic (exact) mass is 395 g/mol. The highest BCUT2D eigenvalue weighted by Crippen LogP contribution is 2.13. The van der Waals surface area contributed by atoms with Crippen LogP contribution in [0.2, 0.25) is 0 Å². The van der Waals surface area contributed by atoms with Crippen LogP contribution in [0.4, 0.5) is 4.79 Å². The fourth-order valence-corrected chi connectivity index (χ4v) is 3.04. The van der Waals surface area contributed by atoms with Crippen LogP contribution in [-0.4, -0.2) is 92.2 Å². The molecule has 0 radical (unpaired) electrons. The first-order valence-electron chi connectivity index (χ1n) is 9.49. The third-order valence-corrected chi connectivity index (χ3v) is 4.70. The summed E-state index contributed by atoms with van der Waals surface area (Å²) in [7, 11) is 1.57. The van der Waals surface area contributed by atoms with Crippen molar-refractivity contribution in [2.75, 3.05) is 59.6 Å². The molecule has 1 aliphatic heterocycles. The third kappa shape index (κ3) is 5.72. The summed E-state index contributed by atoms with van der Waals surface area (Å²) < 4.78 is 15.3. The number of carbonyl (C=O) groups is 3. The van der Waals surface area contributed by atoms with Crippen LogP contribution in [0.15, 0.2) is 16.7 Å². The summed E-state index contributed by atoms with van der Waals surface area (Å²) in [6.45, 7) is 6.72. The average Bonchev–Trinajstić information content (AvgIpc) is 3.13. The second-order valence-corrected chi connectivity index (χ2v) is 6.49. The van der Waals surface area contributed by atoms with Crippen molar-refractivity contribution in [3.8, 4) is 0 Å². The molecule has 156 valence electrons. The van der Waals surface area contributed by atoms with Crippen molar-refractivity contribution in [2.45, 2.75) is 20.3 Å². The van der Waals surface area contributed by atoms with Crippen LogP contribution in [0.3, 0.4) is 0 Å². The predicted octanol–water partition coefficient (Wildman–Crippen LogP) is 1.37. The van der Waals surface area contributed by atoms with Gasteiger partial charge >= 0.3 is 6.09 Å². The topological polar surface area (TPSA) is 92.5 Å². The number of aryl methyl sites for hydroxylation is 1. The zero-order valence-electron chi connectivity index (χ0n) is 16.8. The van der Waals surface area contributed by atoms with Crippen LogP contribution in [0.5, 0.6) is 0 Å². The molecule has 2 rings (SSSR count). The lowest BCUT2D eigenvalue weighted by Crippen LogP contribution is -2.51. The number of rotatable bonds is 8. The van der Waals surface area contributed by atoms with E-state index in [1.807, 2.05) is 0 Å². The van der Waals surface area contributed by atoms with Gasteiger partial charge in [0.05, 0.1) is 25.0 Å². The molecule has 0 saturated carbocycles. The number of furan rings is 1. The number of carbonyl (C=O) groups excluding carboxylic acids is 3. The standard InChI is InChI=1S/C19H29N3O6/c1-4-27-19(25)22-10-8-20(9-11-22)17(23)5-7-21(12-14-26-3)18(24)16-6-13-28-15(16)2/h6,13H,4-5,7-12,14H2,1-3H3. The Balaban J connectivity index is 1.87. The number of methoxy groups -OCH3 is 1. The summed E-state index contributed by atoms with van der Waals surface area (Å²) in [4.78, 5) is 42.0. The van der Waals surface area contributed by atoms with Crippen molar-refractivity contribution in [1.29, 1.82) is 0 Å². The van der Waals surface area contributed by atoms with Gasteiger partial charge < -0.3 is 28.6 Å². The summed E-state index contributed by atoms with van der Waals surface area (Å²) >= 11 is 0. The molecule has 3 amide bonds. The smallest absolute Gasteiger partial charge is 0.409 e. The molecular weight excluding hydrogens is 366 g/mol. The van der Waals surface area contributed by atoms with E-state index in [0.717, 1.165) is 0 Å². The van der Waals surface area contributed by atoms with Crippen LogP contribution in [-0.2, 0) is 14.3 Å². The van der Waals surface area contributed by atoms with E-state index in [1.54, 1.807) is 41.7 Å². The van der Waals surface area contributed by atoms with Crippen LogP contribution in [0, 0.1) is 6.92 Å². The normalized spacial score (nSPS) is 14.1. The Kier molecular flexibility index (Phi) is 8.31. The number of nitrogens with zero attached hydrogens (tertiary/aromatic N) is 3. The van der Waals surface area contributed by atoms with Crippen molar-refractivity contribution < 1.29 is 28.3 Å². The molecule has 9 heteroatoms. The largest absolute Gasteiger partial charge is 0.469 e. The molecule has 9 nitrogen and oxygen atoms in total. The fourth-order valence-electron chi connectivity index (χ4n) is 3.04. The predicted molar refractivity (Wildman–Crippen MR) is 101 cm³/mol. The van der Waals surface area contributed by atoms with Gasteiger partial charge in [0.1, 0.15) is 5.76 Å². The molecule has 2 heterocycles. The quantitative estimate of drug-likeness (QED) is 0.660. The van der Waals surface area contributed by atoms with Crippen LogP contribution >= 0.6 is 0 Å². The van der Waals surface area contributed by atoms with E-state index in [2.05, 4.69) is 0 Å². The molecule has 0 N–H and O–H groups in total. The maximum absolute atomic E-state index is 12.7. The van der Waals surface area contributed by atoms with Gasteiger partial charge in [-0.2, -0.15) is 0 Å². The molecule has 1 aliphatic rings. The summed E-state index contributed by atoms with van der Waals surface area (Å²) in [5, 5.41) is 0. The van der Waals surface area contributed by atoms with E-state index in [9.17, 15) is 14.4 Å². The Morgan fingerprint density at radius 2 is 1.82 bits per heavy atom. The van der Waals surface area contributed by atoms with Crippen LogP contribution < -0.4 is 0 Å². The third-order valence-electron chi connectivity index (χ3n) is 4.70. The maximum Gasteiger partial charge on any atom is 0.409 e. The van der Waals surface area contributed by atoms with Gasteiger partial charge in [0.25, 0.3) is 5.91 Å². The summed E-state index contributed by atoms with van der Waals surface area (Å²) in [5.41, 5.74) is 0.492. The van der Waals surface area contributed by atoms with Crippen LogP contribution in [0.25, 0.3) is 0 Å². The maximum atomic E-state index is 12.7. The van der Waals surface area contributed by atoms with E-state index in [0.29, 0.717) is 63.8 Å². The molecule has 0 aliphatic carbocycles. The first kappa shape index (κ1) is 21.7. The van der Waals surface area contributed by atoms with Gasteiger partial charge in [0.15, 0.2) is 0 Å². The van der Waals surface area contributed by atoms with E-state index in [1.165, 1.54) is 6.26 Å². The molecule has 0 unspecified atom stereocenters. The minimum atomic E-state index is -0.346. The number of hydrogen-bond donors (Lipinski definition) is 0. The number of amides is 3. The molecule has 1 aromatic rings. The number of piperazine rings is 1.